The highest BCUT2D eigenvalue weighted by atomic mass is 16.3. The molecule has 0 saturated carbocycles. The molecule has 0 radical (unpaired) electrons. The van der Waals surface area contributed by atoms with E-state index >= 15 is 0 Å². The molecule has 4 heteroatoms. The summed E-state index contributed by atoms with van der Waals surface area (Å²) < 4.78 is 5.91. The van der Waals surface area contributed by atoms with Crippen molar-refractivity contribution >= 4 is 27.6 Å². The Bertz CT molecular complexity index is 980. The molecule has 3 aromatic rings. The van der Waals surface area contributed by atoms with Crippen molar-refractivity contribution in [1.82, 2.24) is 4.90 Å². The van der Waals surface area contributed by atoms with Crippen LogP contribution in [0.25, 0.3) is 21.9 Å². The fourth-order valence-electron chi connectivity index (χ4n) is 4.43. The molecular weight excluding hydrogens is 299 g/mol. The first-order chi connectivity index (χ1) is 11.7. The highest BCUT2D eigenvalue weighted by Crippen LogP contribution is 2.34. The van der Waals surface area contributed by atoms with Crippen molar-refractivity contribution in [3.05, 3.63) is 52.7 Å². The van der Waals surface area contributed by atoms with E-state index in [9.17, 15) is 4.79 Å². The molecule has 1 aromatic heterocycles. The van der Waals surface area contributed by atoms with Crippen LogP contribution >= 0.6 is 0 Å². The lowest BCUT2D eigenvalue weighted by Gasteiger charge is -2.21. The molecule has 24 heavy (non-hydrogen) atoms. The first kappa shape index (κ1) is 14.1. The van der Waals surface area contributed by atoms with E-state index < -0.39 is 0 Å². The van der Waals surface area contributed by atoms with Gasteiger partial charge in [0, 0.05) is 31.9 Å². The van der Waals surface area contributed by atoms with E-state index in [0.29, 0.717) is 21.9 Å². The zero-order valence-corrected chi connectivity index (χ0v) is 13.7. The van der Waals surface area contributed by atoms with E-state index in [1.165, 1.54) is 13.1 Å². The van der Waals surface area contributed by atoms with Gasteiger partial charge in [-0.3, -0.25) is 4.79 Å². The fourth-order valence-corrected chi connectivity index (χ4v) is 4.43. The minimum Gasteiger partial charge on any atom is -0.456 e. The molecule has 2 fully saturated rings. The number of benzene rings is 2. The van der Waals surface area contributed by atoms with Gasteiger partial charge >= 0.3 is 0 Å². The predicted octanol–water partition coefficient (Wildman–Crippen LogP) is 2.94. The Morgan fingerprint density at radius 1 is 0.917 bits per heavy atom. The number of hydrogen-bond acceptors (Lipinski definition) is 4. The maximum atomic E-state index is 12.8. The minimum atomic E-state index is 0.0628. The number of hydrogen-bond donors (Lipinski definition) is 0. The zero-order valence-electron chi connectivity index (χ0n) is 13.7. The van der Waals surface area contributed by atoms with Crippen LogP contribution in [0.3, 0.4) is 0 Å². The van der Waals surface area contributed by atoms with E-state index in [-0.39, 0.29) is 5.43 Å². The standard InChI is InChI=1S/C20H20N2O2/c1-21-9-13-11-22(12-14(13)10-21)15-6-7-19-17(8-15)20(23)16-4-2-3-5-18(16)24-19/h2-8,13-14H,9-12H2,1H3/i1-1. The van der Waals surface area contributed by atoms with Crippen molar-refractivity contribution in [3.8, 4) is 0 Å². The van der Waals surface area contributed by atoms with Crippen molar-refractivity contribution in [2.75, 3.05) is 38.1 Å². The van der Waals surface area contributed by atoms with Crippen LogP contribution in [-0.2, 0) is 0 Å². The first-order valence-electron chi connectivity index (χ1n) is 8.58. The van der Waals surface area contributed by atoms with Gasteiger partial charge in [-0.05, 0) is 49.2 Å². The molecule has 0 bridgehead atoms. The van der Waals surface area contributed by atoms with Crippen LogP contribution in [0.2, 0.25) is 0 Å². The minimum absolute atomic E-state index is 0.0628. The molecule has 2 saturated heterocycles. The van der Waals surface area contributed by atoms with Gasteiger partial charge in [-0.15, -0.1) is 0 Å². The van der Waals surface area contributed by atoms with Gasteiger partial charge in [0.05, 0.1) is 10.8 Å². The third-order valence-corrected chi connectivity index (χ3v) is 5.59. The van der Waals surface area contributed by atoms with Gasteiger partial charge in [-0.25, -0.2) is 0 Å². The number of fused-ring (bicyclic) bond motifs is 3. The average Bonchev–Trinajstić information content (AvgIpc) is 3.12. The Hall–Kier alpha value is -2.33. The van der Waals surface area contributed by atoms with E-state index in [0.717, 1.165) is 30.6 Å². The molecule has 0 amide bonds. The van der Waals surface area contributed by atoms with Gasteiger partial charge in [-0.1, -0.05) is 12.1 Å². The second-order valence-electron chi connectivity index (χ2n) is 7.25. The SMILES string of the molecule is [11CH3]N1CC2CN(c3ccc4oc5ccccc5c(=O)c4c3)CC2C1. The summed E-state index contributed by atoms with van der Waals surface area (Å²) in [6.45, 7) is 4.53. The summed E-state index contributed by atoms with van der Waals surface area (Å²) in [5, 5.41) is 1.34. The van der Waals surface area contributed by atoms with E-state index in [1.807, 2.05) is 36.4 Å². The van der Waals surface area contributed by atoms with Gasteiger partial charge in [0.2, 0.25) is 5.43 Å². The number of para-hydroxylation sites is 1. The van der Waals surface area contributed by atoms with E-state index in [1.54, 1.807) is 0 Å². The molecule has 0 aliphatic carbocycles. The van der Waals surface area contributed by atoms with Gasteiger partial charge in [-0.2, -0.15) is 0 Å². The van der Waals surface area contributed by atoms with Crippen molar-refractivity contribution < 1.29 is 4.42 Å². The Morgan fingerprint density at radius 2 is 1.62 bits per heavy atom. The lowest BCUT2D eigenvalue weighted by atomic mass is 10.0. The largest absolute Gasteiger partial charge is 0.456 e. The molecule has 2 aromatic carbocycles. The zero-order chi connectivity index (χ0) is 16.3. The van der Waals surface area contributed by atoms with Crippen LogP contribution in [0.1, 0.15) is 0 Å². The number of likely N-dealkylation sites (tertiary alicyclic amines) is 1. The smallest absolute Gasteiger partial charge is 0.200 e. The summed E-state index contributed by atoms with van der Waals surface area (Å²) >= 11 is 0. The highest BCUT2D eigenvalue weighted by Gasteiger charge is 2.38. The summed E-state index contributed by atoms with van der Waals surface area (Å²) in [5.74, 6) is 1.50. The van der Waals surface area contributed by atoms with Crippen LogP contribution in [-0.4, -0.2) is 38.1 Å². The summed E-state index contributed by atoms with van der Waals surface area (Å²) in [5.41, 5.74) is 2.53. The molecule has 0 spiro atoms. The van der Waals surface area contributed by atoms with Crippen molar-refractivity contribution in [3.63, 3.8) is 0 Å². The summed E-state index contributed by atoms with van der Waals surface area (Å²) in [6, 6.07) is 13.5. The van der Waals surface area contributed by atoms with E-state index in [2.05, 4.69) is 22.9 Å². The topological polar surface area (TPSA) is 36.7 Å². The Balaban J connectivity index is 1.58. The Kier molecular flexibility index (Phi) is 2.98. The lowest BCUT2D eigenvalue weighted by Crippen LogP contribution is -2.26. The highest BCUT2D eigenvalue weighted by molar-refractivity contribution is 5.91. The molecule has 2 aliphatic rings. The second kappa shape index (κ2) is 5.08. The van der Waals surface area contributed by atoms with E-state index in [4.69, 9.17) is 4.42 Å². The Morgan fingerprint density at radius 3 is 2.42 bits per heavy atom. The summed E-state index contributed by atoms with van der Waals surface area (Å²) in [6.07, 6.45) is 0. The maximum absolute atomic E-state index is 12.8. The number of anilines is 1. The van der Waals surface area contributed by atoms with Crippen LogP contribution in [0.5, 0.6) is 0 Å². The van der Waals surface area contributed by atoms with Crippen LogP contribution in [0, 0.1) is 11.8 Å². The van der Waals surface area contributed by atoms with Gasteiger partial charge in [0.1, 0.15) is 11.2 Å². The van der Waals surface area contributed by atoms with Gasteiger partial charge < -0.3 is 14.2 Å². The third kappa shape index (κ3) is 2.06. The van der Waals surface area contributed by atoms with Crippen molar-refractivity contribution in [1.29, 1.82) is 0 Å². The van der Waals surface area contributed by atoms with Gasteiger partial charge in [0.15, 0.2) is 0 Å². The molecule has 5 rings (SSSR count). The number of rotatable bonds is 1. The average molecular weight is 319 g/mol. The van der Waals surface area contributed by atoms with Crippen molar-refractivity contribution in [2.45, 2.75) is 0 Å². The lowest BCUT2D eigenvalue weighted by molar-refractivity contribution is 0.387. The second-order valence-corrected chi connectivity index (χ2v) is 7.25. The maximum Gasteiger partial charge on any atom is 0.200 e. The molecule has 2 aliphatic heterocycles. The van der Waals surface area contributed by atoms with Crippen LogP contribution in [0.15, 0.2) is 51.7 Å². The van der Waals surface area contributed by atoms with Crippen LogP contribution in [0.4, 0.5) is 5.69 Å². The molecular formula is C20H20N2O2. The predicted molar refractivity (Wildman–Crippen MR) is 96.7 cm³/mol. The number of nitrogens with zero attached hydrogens (tertiary/aromatic N) is 2. The molecule has 0 N–H and O–H groups in total. The molecule has 3 heterocycles. The normalized spacial score (nSPS) is 24.1. The van der Waals surface area contributed by atoms with Crippen molar-refractivity contribution in [2.24, 2.45) is 11.8 Å². The monoisotopic (exact) mass is 319 g/mol. The molecule has 4 nitrogen and oxygen atoms in total. The molecule has 2 atom stereocenters. The molecule has 2 unspecified atom stereocenters. The summed E-state index contributed by atoms with van der Waals surface area (Å²) in [4.78, 5) is 17.7. The van der Waals surface area contributed by atoms with Crippen LogP contribution < -0.4 is 10.3 Å². The quantitative estimate of drug-likeness (QED) is 0.646. The van der Waals surface area contributed by atoms with Gasteiger partial charge in [0.25, 0.3) is 0 Å². The fraction of sp³-hybridized carbons (Fsp3) is 0.350. The third-order valence-electron chi connectivity index (χ3n) is 5.59. The molecule has 122 valence electrons. The Labute approximate surface area is 140 Å². The summed E-state index contributed by atoms with van der Waals surface area (Å²) in [7, 11) is 2.20. The first-order valence-corrected chi connectivity index (χ1v) is 8.58.